The molecule has 2 rings (SSSR count). The minimum absolute atomic E-state index is 0.766. The van der Waals surface area contributed by atoms with Gasteiger partial charge in [0.2, 0.25) is 0 Å². The maximum absolute atomic E-state index is 8.96. The van der Waals surface area contributed by atoms with E-state index in [0.717, 1.165) is 17.5 Å². The highest BCUT2D eigenvalue weighted by Gasteiger charge is 2.03. The summed E-state index contributed by atoms with van der Waals surface area (Å²) in [5.74, 6) is 0. The normalized spacial score (nSPS) is 10.4. The van der Waals surface area contributed by atoms with Gasteiger partial charge in [-0.2, -0.15) is 5.26 Å². The SMILES string of the molecule is CCCCn1ccc2c(C#N)cccc21. The maximum atomic E-state index is 8.96. The molecule has 2 aromatic rings. The average molecular weight is 198 g/mol. The van der Waals surface area contributed by atoms with Gasteiger partial charge in [-0.05, 0) is 24.6 Å². The molecule has 2 heteroatoms. The van der Waals surface area contributed by atoms with Crippen LogP contribution in [0, 0.1) is 11.3 Å². The Kier molecular flexibility index (Phi) is 2.73. The summed E-state index contributed by atoms with van der Waals surface area (Å²) in [6, 6.07) is 10.1. The highest BCUT2D eigenvalue weighted by Crippen LogP contribution is 2.19. The Labute approximate surface area is 89.7 Å². The van der Waals surface area contributed by atoms with Crippen LogP contribution in [0.4, 0.5) is 0 Å². The first-order chi connectivity index (χ1) is 7.36. The molecule has 76 valence electrons. The van der Waals surface area contributed by atoms with E-state index < -0.39 is 0 Å². The van der Waals surface area contributed by atoms with Gasteiger partial charge in [-0.3, -0.25) is 0 Å². The van der Waals surface area contributed by atoms with Crippen LogP contribution in [0.25, 0.3) is 10.9 Å². The number of unbranched alkanes of at least 4 members (excludes halogenated alkanes) is 1. The van der Waals surface area contributed by atoms with Gasteiger partial charge in [-0.25, -0.2) is 0 Å². The fourth-order valence-corrected chi connectivity index (χ4v) is 1.84. The predicted molar refractivity (Wildman–Crippen MR) is 61.6 cm³/mol. The van der Waals surface area contributed by atoms with Gasteiger partial charge in [0, 0.05) is 23.6 Å². The monoisotopic (exact) mass is 198 g/mol. The van der Waals surface area contributed by atoms with Crippen LogP contribution in [0.1, 0.15) is 25.3 Å². The molecule has 0 atom stereocenters. The first-order valence-corrected chi connectivity index (χ1v) is 5.34. The molecule has 15 heavy (non-hydrogen) atoms. The van der Waals surface area contributed by atoms with Crippen LogP contribution < -0.4 is 0 Å². The first kappa shape index (κ1) is 9.79. The third kappa shape index (κ3) is 1.73. The van der Waals surface area contributed by atoms with E-state index in [1.807, 2.05) is 18.2 Å². The fourth-order valence-electron chi connectivity index (χ4n) is 1.84. The first-order valence-electron chi connectivity index (χ1n) is 5.34. The summed E-state index contributed by atoms with van der Waals surface area (Å²) in [5.41, 5.74) is 1.94. The van der Waals surface area contributed by atoms with E-state index in [1.165, 1.54) is 18.4 Å². The Morgan fingerprint density at radius 2 is 2.20 bits per heavy atom. The number of fused-ring (bicyclic) bond motifs is 1. The number of nitrogens with zero attached hydrogens (tertiary/aromatic N) is 2. The summed E-state index contributed by atoms with van der Waals surface area (Å²) < 4.78 is 2.22. The van der Waals surface area contributed by atoms with Crippen LogP contribution in [0.15, 0.2) is 30.5 Å². The molecule has 1 aromatic heterocycles. The van der Waals surface area contributed by atoms with Crippen molar-refractivity contribution in [3.8, 4) is 6.07 Å². The highest BCUT2D eigenvalue weighted by molar-refractivity contribution is 5.85. The Bertz CT molecular complexity index is 503. The summed E-state index contributed by atoms with van der Waals surface area (Å²) >= 11 is 0. The average Bonchev–Trinajstić information content (AvgIpc) is 2.69. The molecule has 0 bridgehead atoms. The van der Waals surface area contributed by atoms with E-state index in [9.17, 15) is 0 Å². The second-order valence-corrected chi connectivity index (χ2v) is 3.71. The van der Waals surface area contributed by atoms with E-state index in [4.69, 9.17) is 5.26 Å². The second kappa shape index (κ2) is 4.18. The van der Waals surface area contributed by atoms with Crippen molar-refractivity contribution in [2.24, 2.45) is 0 Å². The van der Waals surface area contributed by atoms with Crippen molar-refractivity contribution in [2.45, 2.75) is 26.3 Å². The van der Waals surface area contributed by atoms with Gasteiger partial charge in [0.15, 0.2) is 0 Å². The molecule has 0 amide bonds. The van der Waals surface area contributed by atoms with E-state index in [-0.39, 0.29) is 0 Å². The van der Waals surface area contributed by atoms with E-state index in [0.29, 0.717) is 0 Å². The van der Waals surface area contributed by atoms with Crippen LogP contribution in [-0.2, 0) is 6.54 Å². The maximum Gasteiger partial charge on any atom is 0.0998 e. The fraction of sp³-hybridized carbons (Fsp3) is 0.308. The molecular formula is C13H14N2. The molecule has 1 heterocycles. The summed E-state index contributed by atoms with van der Waals surface area (Å²) in [6.07, 6.45) is 4.44. The molecule has 0 N–H and O–H groups in total. The van der Waals surface area contributed by atoms with Gasteiger partial charge in [0.25, 0.3) is 0 Å². The lowest BCUT2D eigenvalue weighted by molar-refractivity contribution is 0.650. The molecule has 0 aliphatic heterocycles. The summed E-state index contributed by atoms with van der Waals surface area (Å²) in [5, 5.41) is 10.0. The summed E-state index contributed by atoms with van der Waals surface area (Å²) in [4.78, 5) is 0. The minimum atomic E-state index is 0.766. The molecule has 0 spiro atoms. The Morgan fingerprint density at radius 1 is 1.33 bits per heavy atom. The molecule has 2 nitrogen and oxygen atoms in total. The molecule has 0 saturated carbocycles. The zero-order valence-electron chi connectivity index (χ0n) is 8.90. The van der Waals surface area contributed by atoms with E-state index >= 15 is 0 Å². The largest absolute Gasteiger partial charge is 0.347 e. The minimum Gasteiger partial charge on any atom is -0.347 e. The van der Waals surface area contributed by atoms with E-state index in [2.05, 4.69) is 29.8 Å². The van der Waals surface area contributed by atoms with Crippen LogP contribution in [0.2, 0.25) is 0 Å². The second-order valence-electron chi connectivity index (χ2n) is 3.71. The Morgan fingerprint density at radius 3 is 2.93 bits per heavy atom. The number of aryl methyl sites for hydroxylation is 1. The number of hydrogen-bond donors (Lipinski definition) is 0. The molecule has 1 aromatic carbocycles. The van der Waals surface area contributed by atoms with Gasteiger partial charge in [-0.15, -0.1) is 0 Å². The summed E-state index contributed by atoms with van der Waals surface area (Å²) in [6.45, 7) is 3.22. The van der Waals surface area contributed by atoms with Gasteiger partial charge < -0.3 is 4.57 Å². The predicted octanol–water partition coefficient (Wildman–Crippen LogP) is 3.31. The van der Waals surface area contributed by atoms with Crippen molar-refractivity contribution in [1.82, 2.24) is 4.57 Å². The number of hydrogen-bond acceptors (Lipinski definition) is 1. The molecule has 0 radical (unpaired) electrons. The van der Waals surface area contributed by atoms with Crippen LogP contribution >= 0.6 is 0 Å². The summed E-state index contributed by atoms with van der Waals surface area (Å²) in [7, 11) is 0. The molecule has 0 aliphatic rings. The quantitative estimate of drug-likeness (QED) is 0.743. The zero-order valence-corrected chi connectivity index (χ0v) is 8.90. The smallest absolute Gasteiger partial charge is 0.0998 e. The number of rotatable bonds is 3. The number of aromatic nitrogens is 1. The lowest BCUT2D eigenvalue weighted by atomic mass is 10.1. The van der Waals surface area contributed by atoms with Gasteiger partial charge >= 0.3 is 0 Å². The van der Waals surface area contributed by atoms with Crippen molar-refractivity contribution in [2.75, 3.05) is 0 Å². The van der Waals surface area contributed by atoms with Crippen molar-refractivity contribution in [1.29, 1.82) is 5.26 Å². The molecule has 0 unspecified atom stereocenters. The topological polar surface area (TPSA) is 28.7 Å². The molecular weight excluding hydrogens is 184 g/mol. The third-order valence-corrected chi connectivity index (χ3v) is 2.69. The third-order valence-electron chi connectivity index (χ3n) is 2.69. The molecule has 0 fully saturated rings. The van der Waals surface area contributed by atoms with Crippen molar-refractivity contribution in [3.63, 3.8) is 0 Å². The van der Waals surface area contributed by atoms with Crippen LogP contribution in [0.3, 0.4) is 0 Å². The van der Waals surface area contributed by atoms with Crippen LogP contribution in [-0.4, -0.2) is 4.57 Å². The Hall–Kier alpha value is -1.75. The molecule has 0 saturated heterocycles. The lowest BCUT2D eigenvalue weighted by Crippen LogP contribution is -1.94. The highest BCUT2D eigenvalue weighted by atomic mass is 14.9. The lowest BCUT2D eigenvalue weighted by Gasteiger charge is -2.03. The molecule has 0 aliphatic carbocycles. The van der Waals surface area contributed by atoms with E-state index in [1.54, 1.807) is 0 Å². The zero-order chi connectivity index (χ0) is 10.7. The van der Waals surface area contributed by atoms with Gasteiger partial charge in [0.1, 0.15) is 0 Å². The Balaban J connectivity index is 2.47. The van der Waals surface area contributed by atoms with Gasteiger partial charge in [0.05, 0.1) is 11.6 Å². The standard InChI is InChI=1S/C13H14N2/c1-2-3-8-15-9-7-12-11(10-14)5-4-6-13(12)15/h4-7,9H,2-3,8H2,1H3. The van der Waals surface area contributed by atoms with Crippen LogP contribution in [0.5, 0.6) is 0 Å². The van der Waals surface area contributed by atoms with Gasteiger partial charge in [-0.1, -0.05) is 19.4 Å². The number of nitriles is 1. The van der Waals surface area contributed by atoms with Crippen molar-refractivity contribution >= 4 is 10.9 Å². The van der Waals surface area contributed by atoms with Crippen molar-refractivity contribution < 1.29 is 0 Å². The number of benzene rings is 1. The van der Waals surface area contributed by atoms with Crippen molar-refractivity contribution in [3.05, 3.63) is 36.0 Å².